The smallest absolute Gasteiger partial charge is 0.337 e. The summed E-state index contributed by atoms with van der Waals surface area (Å²) in [6, 6.07) is 0. The molecule has 0 saturated carbocycles. The van der Waals surface area contributed by atoms with Gasteiger partial charge in [-0.25, -0.2) is 4.79 Å². The third kappa shape index (κ3) is 10.9. The maximum atomic E-state index is 11.1. The SMILES string of the molecule is CCCCCCCCCCSSCCOC(=O)C1CO1. The Balaban J connectivity index is 1.67. The molecule has 1 unspecified atom stereocenters. The molecule has 5 heteroatoms. The van der Waals surface area contributed by atoms with E-state index in [0.717, 1.165) is 5.75 Å². The van der Waals surface area contributed by atoms with Gasteiger partial charge in [0.1, 0.15) is 6.61 Å². The van der Waals surface area contributed by atoms with Crippen molar-refractivity contribution < 1.29 is 14.3 Å². The van der Waals surface area contributed by atoms with E-state index < -0.39 is 0 Å². The Hall–Kier alpha value is 0.130. The van der Waals surface area contributed by atoms with E-state index in [-0.39, 0.29) is 12.1 Å². The van der Waals surface area contributed by atoms with Crippen LogP contribution < -0.4 is 0 Å². The Morgan fingerprint density at radius 2 is 1.65 bits per heavy atom. The minimum Gasteiger partial charge on any atom is -0.463 e. The van der Waals surface area contributed by atoms with Crippen LogP contribution in [-0.2, 0) is 14.3 Å². The minimum absolute atomic E-state index is 0.196. The average molecular weight is 321 g/mol. The zero-order chi connectivity index (χ0) is 14.5. The molecule has 0 radical (unpaired) electrons. The van der Waals surface area contributed by atoms with Crippen LogP contribution in [0.25, 0.3) is 0 Å². The van der Waals surface area contributed by atoms with E-state index in [1.807, 2.05) is 10.8 Å². The van der Waals surface area contributed by atoms with Crippen LogP contribution in [0.15, 0.2) is 0 Å². The minimum atomic E-state index is -0.259. The van der Waals surface area contributed by atoms with Crippen LogP contribution >= 0.6 is 21.6 Å². The number of carbonyl (C=O) groups is 1. The molecule has 0 aromatic heterocycles. The number of esters is 1. The maximum Gasteiger partial charge on any atom is 0.337 e. The van der Waals surface area contributed by atoms with Crippen LogP contribution in [0, 0.1) is 0 Å². The first kappa shape index (κ1) is 18.2. The van der Waals surface area contributed by atoms with E-state index in [0.29, 0.717) is 13.2 Å². The molecule has 1 heterocycles. The molecule has 0 aromatic rings. The van der Waals surface area contributed by atoms with Crippen molar-refractivity contribution in [1.82, 2.24) is 0 Å². The molecule has 0 amide bonds. The van der Waals surface area contributed by atoms with E-state index in [1.54, 1.807) is 10.8 Å². The number of ether oxygens (including phenoxy) is 2. The molecule has 1 saturated heterocycles. The highest BCUT2D eigenvalue weighted by atomic mass is 33.1. The molecular weight excluding hydrogens is 292 g/mol. The standard InChI is InChI=1S/C15H28O3S2/c1-2-3-4-5-6-7-8-9-11-19-20-12-10-17-15(16)14-13-18-14/h14H,2-13H2,1H3. The third-order valence-electron chi connectivity index (χ3n) is 3.17. The molecule has 1 rings (SSSR count). The second kappa shape index (κ2) is 12.8. The molecule has 118 valence electrons. The van der Waals surface area contributed by atoms with E-state index in [9.17, 15) is 4.79 Å². The summed E-state index contributed by atoms with van der Waals surface area (Å²) in [5, 5.41) is 0. The van der Waals surface area contributed by atoms with Crippen LogP contribution in [0.3, 0.4) is 0 Å². The predicted octanol–water partition coefficient (Wildman–Crippen LogP) is 4.45. The lowest BCUT2D eigenvalue weighted by atomic mass is 10.1. The van der Waals surface area contributed by atoms with E-state index in [4.69, 9.17) is 9.47 Å². The predicted molar refractivity (Wildman–Crippen MR) is 88.2 cm³/mol. The topological polar surface area (TPSA) is 38.8 Å². The van der Waals surface area contributed by atoms with Gasteiger partial charge in [0.05, 0.1) is 6.61 Å². The first-order chi connectivity index (χ1) is 9.84. The van der Waals surface area contributed by atoms with Crippen LogP contribution in [-0.4, -0.2) is 36.8 Å². The highest BCUT2D eigenvalue weighted by Crippen LogP contribution is 2.23. The van der Waals surface area contributed by atoms with Gasteiger partial charge in [0.2, 0.25) is 0 Å². The molecule has 20 heavy (non-hydrogen) atoms. The van der Waals surface area contributed by atoms with Gasteiger partial charge in [-0.05, 0) is 6.42 Å². The maximum absolute atomic E-state index is 11.1. The molecule has 1 fully saturated rings. The van der Waals surface area contributed by atoms with Crippen molar-refractivity contribution >= 4 is 27.6 Å². The molecule has 0 aliphatic carbocycles. The lowest BCUT2D eigenvalue weighted by Gasteiger charge is -2.03. The Labute approximate surface area is 131 Å². The van der Waals surface area contributed by atoms with Crippen molar-refractivity contribution in [3.8, 4) is 0 Å². The van der Waals surface area contributed by atoms with Crippen molar-refractivity contribution in [2.75, 3.05) is 24.7 Å². The second-order valence-corrected chi connectivity index (χ2v) is 7.81. The molecule has 1 aliphatic heterocycles. The molecule has 0 spiro atoms. The van der Waals surface area contributed by atoms with Crippen LogP contribution in [0.4, 0.5) is 0 Å². The highest BCUT2D eigenvalue weighted by Gasteiger charge is 2.32. The fourth-order valence-corrected chi connectivity index (χ4v) is 3.84. The third-order valence-corrected chi connectivity index (χ3v) is 5.63. The van der Waals surface area contributed by atoms with Gasteiger partial charge in [-0.2, -0.15) is 0 Å². The molecular formula is C15H28O3S2. The van der Waals surface area contributed by atoms with Gasteiger partial charge in [-0.3, -0.25) is 0 Å². The van der Waals surface area contributed by atoms with E-state index in [1.165, 1.54) is 57.1 Å². The largest absolute Gasteiger partial charge is 0.463 e. The molecule has 0 aromatic carbocycles. The summed E-state index contributed by atoms with van der Waals surface area (Å²) in [5.41, 5.74) is 0. The summed E-state index contributed by atoms with van der Waals surface area (Å²) in [4.78, 5) is 11.1. The van der Waals surface area contributed by atoms with Gasteiger partial charge in [0.15, 0.2) is 6.10 Å². The molecule has 0 N–H and O–H groups in total. The van der Waals surface area contributed by atoms with E-state index in [2.05, 4.69) is 6.92 Å². The monoisotopic (exact) mass is 320 g/mol. The first-order valence-corrected chi connectivity index (χ1v) is 10.4. The van der Waals surface area contributed by atoms with Crippen LogP contribution in [0.5, 0.6) is 0 Å². The van der Waals surface area contributed by atoms with Crippen LogP contribution in [0.1, 0.15) is 58.3 Å². The number of hydrogen-bond acceptors (Lipinski definition) is 5. The highest BCUT2D eigenvalue weighted by molar-refractivity contribution is 8.76. The summed E-state index contributed by atoms with van der Waals surface area (Å²) in [6.45, 7) is 3.31. The van der Waals surface area contributed by atoms with Crippen LogP contribution in [0.2, 0.25) is 0 Å². The number of rotatable bonds is 14. The lowest BCUT2D eigenvalue weighted by molar-refractivity contribution is -0.144. The molecule has 1 atom stereocenters. The molecule has 3 nitrogen and oxygen atoms in total. The van der Waals surface area contributed by atoms with Gasteiger partial charge in [0.25, 0.3) is 0 Å². The van der Waals surface area contributed by atoms with Gasteiger partial charge >= 0.3 is 5.97 Å². The summed E-state index contributed by atoms with van der Waals surface area (Å²) in [6.07, 6.45) is 10.7. The summed E-state index contributed by atoms with van der Waals surface area (Å²) in [5.74, 6) is 1.89. The zero-order valence-electron chi connectivity index (χ0n) is 12.6. The van der Waals surface area contributed by atoms with Gasteiger partial charge in [-0.1, -0.05) is 73.5 Å². The lowest BCUT2D eigenvalue weighted by Crippen LogP contribution is -2.13. The Morgan fingerprint density at radius 3 is 2.30 bits per heavy atom. The number of unbranched alkanes of at least 4 members (excludes halogenated alkanes) is 7. The van der Waals surface area contributed by atoms with Gasteiger partial charge < -0.3 is 9.47 Å². The van der Waals surface area contributed by atoms with Crippen molar-refractivity contribution in [1.29, 1.82) is 0 Å². The zero-order valence-corrected chi connectivity index (χ0v) is 14.2. The van der Waals surface area contributed by atoms with Gasteiger partial charge in [0, 0.05) is 11.5 Å². The summed E-state index contributed by atoms with van der Waals surface area (Å²) < 4.78 is 9.91. The van der Waals surface area contributed by atoms with Crippen molar-refractivity contribution in [3.63, 3.8) is 0 Å². The van der Waals surface area contributed by atoms with Crippen molar-refractivity contribution in [3.05, 3.63) is 0 Å². The Morgan fingerprint density at radius 1 is 1.05 bits per heavy atom. The number of epoxide rings is 1. The fourth-order valence-electron chi connectivity index (χ4n) is 1.87. The Bertz CT molecular complexity index is 245. The second-order valence-electron chi connectivity index (χ2n) is 5.11. The molecule has 0 bridgehead atoms. The normalized spacial score (nSPS) is 17.1. The summed E-state index contributed by atoms with van der Waals surface area (Å²) in [7, 11) is 3.70. The first-order valence-electron chi connectivity index (χ1n) is 7.87. The van der Waals surface area contributed by atoms with Gasteiger partial charge in [-0.15, -0.1) is 0 Å². The quantitative estimate of drug-likeness (QED) is 0.205. The average Bonchev–Trinajstić information content (AvgIpc) is 3.28. The number of carbonyl (C=O) groups excluding carboxylic acids is 1. The Kier molecular flexibility index (Phi) is 11.7. The fraction of sp³-hybridized carbons (Fsp3) is 0.933. The van der Waals surface area contributed by atoms with Crippen molar-refractivity contribution in [2.45, 2.75) is 64.4 Å². The van der Waals surface area contributed by atoms with Crippen molar-refractivity contribution in [2.24, 2.45) is 0 Å². The summed E-state index contributed by atoms with van der Waals surface area (Å²) >= 11 is 0. The van der Waals surface area contributed by atoms with E-state index >= 15 is 0 Å². The molecule has 1 aliphatic rings. The number of hydrogen-bond donors (Lipinski definition) is 0.